The summed E-state index contributed by atoms with van der Waals surface area (Å²) in [6.07, 6.45) is -5.45. The zero-order valence-corrected chi connectivity index (χ0v) is 16.1. The van der Waals surface area contributed by atoms with Crippen LogP contribution < -0.4 is 0 Å². The Morgan fingerprint density at radius 2 is 1.66 bits per heavy atom. The van der Waals surface area contributed by atoms with Crippen LogP contribution in [0.1, 0.15) is 40.8 Å². The minimum Gasteiger partial charge on any atom is -0.508 e. The van der Waals surface area contributed by atoms with Crippen LogP contribution >= 0.6 is 0 Å². The first-order valence-electron chi connectivity index (χ1n) is 9.53. The average Bonchev–Trinajstić information content (AvgIpc) is 2.74. The normalized spacial score (nSPS) is 26.8. The minimum atomic E-state index is -1.55. The van der Waals surface area contributed by atoms with Crippen molar-refractivity contribution >= 4 is 0 Å². The van der Waals surface area contributed by atoms with Crippen molar-refractivity contribution in [2.45, 2.75) is 50.3 Å². The Bertz CT molecular complexity index is 889. The predicted molar refractivity (Wildman–Crippen MR) is 104 cm³/mol. The maximum atomic E-state index is 10.4. The largest absolute Gasteiger partial charge is 0.508 e. The van der Waals surface area contributed by atoms with Gasteiger partial charge in [-0.2, -0.15) is 5.26 Å². The van der Waals surface area contributed by atoms with Crippen LogP contribution in [-0.4, -0.2) is 56.6 Å². The summed E-state index contributed by atoms with van der Waals surface area (Å²) in [7, 11) is 0. The lowest BCUT2D eigenvalue weighted by atomic mass is 9.88. The minimum absolute atomic E-state index is 0.182. The van der Waals surface area contributed by atoms with Gasteiger partial charge >= 0.3 is 0 Å². The number of phenolic OH excluding ortho intramolecular Hbond substituents is 1. The number of aryl methyl sites for hydroxylation is 1. The molecule has 7 heteroatoms. The summed E-state index contributed by atoms with van der Waals surface area (Å²) in [6.45, 7) is 1.50. The highest BCUT2D eigenvalue weighted by atomic mass is 16.5. The van der Waals surface area contributed by atoms with Gasteiger partial charge in [-0.15, -0.1) is 0 Å². The molecule has 2 aromatic carbocycles. The van der Waals surface area contributed by atoms with E-state index in [-0.39, 0.29) is 16.9 Å². The van der Waals surface area contributed by atoms with Gasteiger partial charge in [-0.25, -0.2) is 0 Å². The Labute approximate surface area is 169 Å². The maximum absolute atomic E-state index is 10.4. The second-order valence-corrected chi connectivity index (χ2v) is 7.28. The number of aliphatic hydroxyl groups excluding tert-OH is 4. The van der Waals surface area contributed by atoms with Crippen molar-refractivity contribution in [1.82, 2.24) is 0 Å². The Morgan fingerprint density at radius 3 is 2.24 bits per heavy atom. The second kappa shape index (κ2) is 8.91. The number of benzene rings is 2. The summed E-state index contributed by atoms with van der Waals surface area (Å²) in [5.74, 6) is -0.268. The molecule has 0 aliphatic carbocycles. The summed E-state index contributed by atoms with van der Waals surface area (Å²) in [5, 5.41) is 59.7. The molecule has 5 N–H and O–H groups in total. The van der Waals surface area contributed by atoms with Crippen LogP contribution in [-0.2, 0) is 17.6 Å². The van der Waals surface area contributed by atoms with Crippen molar-refractivity contribution < 1.29 is 30.3 Å². The molecule has 5 unspecified atom stereocenters. The van der Waals surface area contributed by atoms with Crippen molar-refractivity contribution in [2.75, 3.05) is 6.61 Å². The molecule has 0 saturated carbocycles. The number of nitriles is 1. The van der Waals surface area contributed by atoms with Crippen molar-refractivity contribution in [3.63, 3.8) is 0 Å². The van der Waals surface area contributed by atoms with Crippen LogP contribution in [0.15, 0.2) is 36.4 Å². The molecule has 0 radical (unpaired) electrons. The number of rotatable bonds is 5. The summed E-state index contributed by atoms with van der Waals surface area (Å²) < 4.78 is 5.55. The van der Waals surface area contributed by atoms with Crippen LogP contribution in [0.4, 0.5) is 0 Å². The molecule has 7 nitrogen and oxygen atoms in total. The van der Waals surface area contributed by atoms with Gasteiger partial charge in [0.2, 0.25) is 0 Å². The van der Waals surface area contributed by atoms with Gasteiger partial charge in [0.1, 0.15) is 36.3 Å². The van der Waals surface area contributed by atoms with E-state index in [4.69, 9.17) is 4.74 Å². The van der Waals surface area contributed by atoms with Gasteiger partial charge in [0, 0.05) is 5.56 Å². The molecule has 1 aliphatic rings. The lowest BCUT2D eigenvalue weighted by molar-refractivity contribution is -0.232. The first-order chi connectivity index (χ1) is 13.9. The molecule has 0 bridgehead atoms. The van der Waals surface area contributed by atoms with E-state index in [1.165, 1.54) is 11.6 Å². The predicted octanol–water partition coefficient (Wildman–Crippen LogP) is 0.932. The van der Waals surface area contributed by atoms with E-state index >= 15 is 0 Å². The molecule has 0 amide bonds. The Hall–Kier alpha value is -2.47. The van der Waals surface area contributed by atoms with E-state index in [1.54, 1.807) is 6.07 Å². The number of nitrogens with zero attached hydrogens (tertiary/aromatic N) is 1. The Balaban J connectivity index is 1.97. The fraction of sp³-hybridized carbons (Fsp3) is 0.409. The van der Waals surface area contributed by atoms with Crippen LogP contribution in [0.2, 0.25) is 0 Å². The summed E-state index contributed by atoms with van der Waals surface area (Å²) in [4.78, 5) is 0. The highest BCUT2D eigenvalue weighted by molar-refractivity contribution is 5.50. The maximum Gasteiger partial charge on any atom is 0.122 e. The third-order valence-corrected chi connectivity index (χ3v) is 5.40. The quantitative estimate of drug-likeness (QED) is 0.505. The molecule has 0 aromatic heterocycles. The molecular weight excluding hydrogens is 374 g/mol. The monoisotopic (exact) mass is 399 g/mol. The highest BCUT2D eigenvalue weighted by Crippen LogP contribution is 2.38. The molecule has 1 fully saturated rings. The van der Waals surface area contributed by atoms with Gasteiger partial charge in [0.15, 0.2) is 0 Å². The standard InChI is InChI=1S/C22H25NO6/c1-2-12-3-5-13(6-4-12)7-14-8-16(17(25)9-15(14)10-23)22-21(28)20(27)19(26)18(11-24)29-22/h3-6,8-9,18-22,24-28H,2,7,11H2,1H3. The van der Waals surface area contributed by atoms with E-state index in [0.717, 1.165) is 12.0 Å². The molecule has 5 atom stereocenters. The van der Waals surface area contributed by atoms with E-state index < -0.39 is 37.1 Å². The van der Waals surface area contributed by atoms with Gasteiger partial charge < -0.3 is 30.3 Å². The number of ether oxygens (including phenoxy) is 1. The van der Waals surface area contributed by atoms with Crippen molar-refractivity contribution in [3.05, 3.63) is 64.2 Å². The Kier molecular flexibility index (Phi) is 6.52. The van der Waals surface area contributed by atoms with Crippen LogP contribution in [0.25, 0.3) is 0 Å². The molecule has 1 heterocycles. The Morgan fingerprint density at radius 1 is 1.00 bits per heavy atom. The number of phenols is 1. The number of hydrogen-bond acceptors (Lipinski definition) is 7. The van der Waals surface area contributed by atoms with Crippen LogP contribution in [0, 0.1) is 11.3 Å². The van der Waals surface area contributed by atoms with E-state index in [0.29, 0.717) is 12.0 Å². The smallest absolute Gasteiger partial charge is 0.122 e. The molecule has 154 valence electrons. The number of aliphatic hydroxyl groups is 4. The van der Waals surface area contributed by atoms with E-state index in [1.807, 2.05) is 24.3 Å². The third-order valence-electron chi connectivity index (χ3n) is 5.40. The second-order valence-electron chi connectivity index (χ2n) is 7.28. The van der Waals surface area contributed by atoms with E-state index in [2.05, 4.69) is 13.0 Å². The fourth-order valence-corrected chi connectivity index (χ4v) is 3.60. The number of aromatic hydroxyl groups is 1. The SMILES string of the molecule is CCc1ccc(Cc2cc(C3OC(CO)C(O)C(O)C3O)c(O)cc2C#N)cc1. The fourth-order valence-electron chi connectivity index (χ4n) is 3.60. The first kappa shape index (κ1) is 21.2. The van der Waals surface area contributed by atoms with Crippen LogP contribution in [0.5, 0.6) is 5.75 Å². The average molecular weight is 399 g/mol. The summed E-state index contributed by atoms with van der Waals surface area (Å²) in [6, 6.07) is 12.9. The zero-order valence-electron chi connectivity index (χ0n) is 16.1. The van der Waals surface area contributed by atoms with Crippen molar-refractivity contribution in [3.8, 4) is 11.8 Å². The van der Waals surface area contributed by atoms with Crippen LogP contribution in [0.3, 0.4) is 0 Å². The van der Waals surface area contributed by atoms with Crippen molar-refractivity contribution in [2.24, 2.45) is 0 Å². The molecule has 0 spiro atoms. The van der Waals surface area contributed by atoms with E-state index in [9.17, 15) is 30.8 Å². The molecular formula is C22H25NO6. The lowest BCUT2D eigenvalue weighted by Crippen LogP contribution is -2.55. The topological polar surface area (TPSA) is 134 Å². The highest BCUT2D eigenvalue weighted by Gasteiger charge is 2.44. The summed E-state index contributed by atoms with van der Waals surface area (Å²) >= 11 is 0. The van der Waals surface area contributed by atoms with Gasteiger partial charge in [-0.05, 0) is 41.7 Å². The molecule has 29 heavy (non-hydrogen) atoms. The van der Waals surface area contributed by atoms with Gasteiger partial charge in [-0.1, -0.05) is 31.2 Å². The van der Waals surface area contributed by atoms with Crippen molar-refractivity contribution in [1.29, 1.82) is 5.26 Å². The van der Waals surface area contributed by atoms with Gasteiger partial charge in [0.05, 0.1) is 18.2 Å². The molecule has 1 aliphatic heterocycles. The third kappa shape index (κ3) is 4.27. The zero-order chi connectivity index (χ0) is 21.1. The first-order valence-corrected chi connectivity index (χ1v) is 9.53. The lowest BCUT2D eigenvalue weighted by Gasteiger charge is -2.40. The number of hydrogen-bond donors (Lipinski definition) is 5. The molecule has 2 aromatic rings. The van der Waals surface area contributed by atoms with Gasteiger partial charge in [0.25, 0.3) is 0 Å². The summed E-state index contributed by atoms with van der Waals surface area (Å²) in [5.41, 5.74) is 3.27. The molecule has 3 rings (SSSR count). The van der Waals surface area contributed by atoms with Gasteiger partial charge in [-0.3, -0.25) is 0 Å². The molecule has 1 saturated heterocycles.